The number of likely N-dealkylation sites (tertiary alicyclic amines) is 1. The second-order valence-electron chi connectivity index (χ2n) is 4.67. The van der Waals surface area contributed by atoms with E-state index in [2.05, 4.69) is 33.4 Å². The van der Waals surface area contributed by atoms with E-state index in [1.807, 2.05) is 0 Å². The van der Waals surface area contributed by atoms with Crippen LogP contribution in [0.2, 0.25) is 0 Å². The fourth-order valence-electron chi connectivity index (χ4n) is 2.34. The number of rotatable bonds is 4. The lowest BCUT2D eigenvalue weighted by molar-refractivity contribution is 0.219. The van der Waals surface area contributed by atoms with Crippen molar-refractivity contribution in [3.8, 4) is 6.07 Å². The first-order valence-corrected chi connectivity index (χ1v) is 6.54. The quantitative estimate of drug-likeness (QED) is 0.873. The van der Waals surface area contributed by atoms with Gasteiger partial charge in [-0.2, -0.15) is 10.4 Å². The Morgan fingerprint density at radius 2 is 2.28 bits per heavy atom. The minimum absolute atomic E-state index is 0.405. The molecule has 1 aliphatic heterocycles. The molecule has 2 heterocycles. The van der Waals surface area contributed by atoms with Gasteiger partial charge in [0.15, 0.2) is 5.82 Å². The SMILES string of the molecule is CCCN1CCC(Nc2nnccc2C#N)CC1. The molecular weight excluding hydrogens is 226 g/mol. The summed E-state index contributed by atoms with van der Waals surface area (Å²) < 4.78 is 0. The molecule has 1 saturated heterocycles. The predicted octanol–water partition coefficient (Wildman–Crippen LogP) is 1.63. The van der Waals surface area contributed by atoms with Crippen LogP contribution in [-0.2, 0) is 0 Å². The third-order valence-electron chi connectivity index (χ3n) is 3.31. The maximum atomic E-state index is 8.99. The Morgan fingerprint density at radius 3 is 2.94 bits per heavy atom. The van der Waals surface area contributed by atoms with E-state index in [9.17, 15) is 0 Å². The van der Waals surface area contributed by atoms with Crippen molar-refractivity contribution in [2.45, 2.75) is 32.2 Å². The molecular formula is C13H19N5. The van der Waals surface area contributed by atoms with E-state index in [1.165, 1.54) is 13.0 Å². The number of aromatic nitrogens is 2. The van der Waals surface area contributed by atoms with E-state index >= 15 is 0 Å². The molecule has 0 spiro atoms. The number of nitrogens with zero attached hydrogens (tertiary/aromatic N) is 4. The molecule has 0 amide bonds. The largest absolute Gasteiger partial charge is 0.365 e. The molecule has 1 N–H and O–H groups in total. The molecule has 5 heteroatoms. The zero-order valence-electron chi connectivity index (χ0n) is 10.8. The highest BCUT2D eigenvalue weighted by molar-refractivity contribution is 5.50. The van der Waals surface area contributed by atoms with Crippen LogP contribution in [0, 0.1) is 11.3 Å². The number of hydrogen-bond acceptors (Lipinski definition) is 5. The lowest BCUT2D eigenvalue weighted by atomic mass is 10.0. The Hall–Kier alpha value is -1.67. The van der Waals surface area contributed by atoms with Crippen LogP contribution in [-0.4, -0.2) is 40.8 Å². The average molecular weight is 245 g/mol. The zero-order valence-corrected chi connectivity index (χ0v) is 10.8. The van der Waals surface area contributed by atoms with Crippen molar-refractivity contribution in [1.29, 1.82) is 5.26 Å². The summed E-state index contributed by atoms with van der Waals surface area (Å²) in [5.74, 6) is 0.619. The van der Waals surface area contributed by atoms with Crippen LogP contribution in [0.25, 0.3) is 0 Å². The standard InChI is InChI=1S/C13H19N5/c1-2-7-18-8-4-12(5-9-18)16-13-11(10-14)3-6-15-17-13/h3,6,12H,2,4-5,7-9H2,1H3,(H,16,17). The molecule has 0 saturated carbocycles. The first kappa shape index (κ1) is 12.8. The summed E-state index contributed by atoms with van der Waals surface area (Å²) in [4.78, 5) is 2.49. The van der Waals surface area contributed by atoms with Gasteiger partial charge in [0.2, 0.25) is 0 Å². The number of nitrogens with one attached hydrogen (secondary N) is 1. The van der Waals surface area contributed by atoms with Gasteiger partial charge in [0.1, 0.15) is 6.07 Å². The molecule has 1 aromatic rings. The second-order valence-corrected chi connectivity index (χ2v) is 4.67. The summed E-state index contributed by atoms with van der Waals surface area (Å²) in [6.45, 7) is 5.63. The molecule has 0 aliphatic carbocycles. The van der Waals surface area contributed by atoms with E-state index in [1.54, 1.807) is 12.3 Å². The van der Waals surface area contributed by atoms with Gasteiger partial charge in [-0.3, -0.25) is 0 Å². The van der Waals surface area contributed by atoms with Gasteiger partial charge in [0.25, 0.3) is 0 Å². The van der Waals surface area contributed by atoms with E-state index in [0.29, 0.717) is 17.4 Å². The van der Waals surface area contributed by atoms with Crippen LogP contribution in [0.15, 0.2) is 12.3 Å². The van der Waals surface area contributed by atoms with Crippen LogP contribution in [0.4, 0.5) is 5.82 Å². The van der Waals surface area contributed by atoms with E-state index in [-0.39, 0.29) is 0 Å². The molecule has 5 nitrogen and oxygen atoms in total. The molecule has 0 radical (unpaired) electrons. The lowest BCUT2D eigenvalue weighted by Gasteiger charge is -2.32. The maximum Gasteiger partial charge on any atom is 0.166 e. The Morgan fingerprint density at radius 1 is 1.50 bits per heavy atom. The van der Waals surface area contributed by atoms with Crippen LogP contribution >= 0.6 is 0 Å². The van der Waals surface area contributed by atoms with Gasteiger partial charge < -0.3 is 10.2 Å². The molecule has 1 fully saturated rings. The third-order valence-corrected chi connectivity index (χ3v) is 3.31. The Kier molecular flexibility index (Phi) is 4.48. The van der Waals surface area contributed by atoms with Crippen molar-refractivity contribution in [3.63, 3.8) is 0 Å². The number of anilines is 1. The number of hydrogen-bond donors (Lipinski definition) is 1. The van der Waals surface area contributed by atoms with Crippen LogP contribution in [0.1, 0.15) is 31.7 Å². The number of piperidine rings is 1. The van der Waals surface area contributed by atoms with Crippen molar-refractivity contribution in [3.05, 3.63) is 17.8 Å². The van der Waals surface area contributed by atoms with Gasteiger partial charge >= 0.3 is 0 Å². The molecule has 0 aromatic carbocycles. The van der Waals surface area contributed by atoms with Crippen molar-refractivity contribution >= 4 is 5.82 Å². The second kappa shape index (κ2) is 6.31. The first-order chi connectivity index (χ1) is 8.83. The molecule has 2 rings (SSSR count). The van der Waals surface area contributed by atoms with E-state index < -0.39 is 0 Å². The van der Waals surface area contributed by atoms with Gasteiger partial charge in [-0.05, 0) is 31.9 Å². The van der Waals surface area contributed by atoms with E-state index in [4.69, 9.17) is 5.26 Å². The van der Waals surface area contributed by atoms with Crippen LogP contribution in [0.3, 0.4) is 0 Å². The Balaban J connectivity index is 1.90. The highest BCUT2D eigenvalue weighted by atomic mass is 15.2. The van der Waals surface area contributed by atoms with Gasteiger partial charge in [-0.25, -0.2) is 0 Å². The zero-order chi connectivity index (χ0) is 12.8. The lowest BCUT2D eigenvalue weighted by Crippen LogP contribution is -2.39. The van der Waals surface area contributed by atoms with Crippen LogP contribution in [0.5, 0.6) is 0 Å². The summed E-state index contributed by atoms with van der Waals surface area (Å²) in [6.07, 6.45) is 4.96. The van der Waals surface area contributed by atoms with Gasteiger partial charge in [0.05, 0.1) is 11.8 Å². The smallest absolute Gasteiger partial charge is 0.166 e. The summed E-state index contributed by atoms with van der Waals surface area (Å²) in [7, 11) is 0. The summed E-state index contributed by atoms with van der Waals surface area (Å²) in [6, 6.07) is 4.24. The first-order valence-electron chi connectivity index (χ1n) is 6.54. The van der Waals surface area contributed by atoms with Crippen molar-refractivity contribution < 1.29 is 0 Å². The maximum absolute atomic E-state index is 8.99. The Bertz CT molecular complexity index is 418. The fourth-order valence-corrected chi connectivity index (χ4v) is 2.34. The van der Waals surface area contributed by atoms with Crippen molar-refractivity contribution in [2.75, 3.05) is 25.0 Å². The van der Waals surface area contributed by atoms with Crippen molar-refractivity contribution in [1.82, 2.24) is 15.1 Å². The summed E-state index contributed by atoms with van der Waals surface area (Å²) in [5, 5.41) is 20.2. The molecule has 96 valence electrons. The highest BCUT2D eigenvalue weighted by Gasteiger charge is 2.19. The topological polar surface area (TPSA) is 64.8 Å². The highest BCUT2D eigenvalue weighted by Crippen LogP contribution is 2.17. The van der Waals surface area contributed by atoms with Gasteiger partial charge in [0, 0.05) is 19.1 Å². The molecule has 0 unspecified atom stereocenters. The minimum Gasteiger partial charge on any atom is -0.365 e. The summed E-state index contributed by atoms with van der Waals surface area (Å²) in [5.41, 5.74) is 0.570. The molecule has 1 aliphatic rings. The molecule has 18 heavy (non-hydrogen) atoms. The molecule has 0 bridgehead atoms. The summed E-state index contributed by atoms with van der Waals surface area (Å²) >= 11 is 0. The third kappa shape index (κ3) is 3.17. The predicted molar refractivity (Wildman–Crippen MR) is 70.1 cm³/mol. The van der Waals surface area contributed by atoms with Gasteiger partial charge in [-0.15, -0.1) is 5.10 Å². The van der Waals surface area contributed by atoms with E-state index in [0.717, 1.165) is 25.9 Å². The normalized spacial score (nSPS) is 17.3. The Labute approximate surface area is 108 Å². The molecule has 0 atom stereocenters. The average Bonchev–Trinajstić information content (AvgIpc) is 2.42. The van der Waals surface area contributed by atoms with Crippen molar-refractivity contribution in [2.24, 2.45) is 0 Å². The minimum atomic E-state index is 0.405. The fraction of sp³-hybridized carbons (Fsp3) is 0.615. The van der Waals surface area contributed by atoms with Gasteiger partial charge in [-0.1, -0.05) is 6.92 Å². The number of nitriles is 1. The monoisotopic (exact) mass is 245 g/mol. The molecule has 1 aromatic heterocycles. The van der Waals surface area contributed by atoms with Crippen LogP contribution < -0.4 is 5.32 Å².